The maximum absolute atomic E-state index is 14.1. The molecular weight excluding hydrogens is 851 g/mol. The molecule has 1 aliphatic rings. The number of carbonyl (C=O) groups is 8. The number of benzene rings is 1. The number of aromatic amines is 1. The molecule has 0 radical (unpaired) electrons. The molecule has 360 valence electrons. The number of amides is 7. The number of hydrogen-bond acceptors (Lipinski definition) is 14. The molecule has 1 saturated heterocycles. The number of rotatable bonds is 28. The molecule has 9 atom stereocenters. The van der Waals surface area contributed by atoms with Crippen molar-refractivity contribution in [2.45, 2.75) is 127 Å². The van der Waals surface area contributed by atoms with E-state index in [2.05, 4.69) is 52.5 Å². The van der Waals surface area contributed by atoms with Crippen LogP contribution in [0.25, 0.3) is 0 Å². The number of nitrogens with one attached hydrogen (secondary N) is 9. The van der Waals surface area contributed by atoms with Crippen LogP contribution in [0.15, 0.2) is 42.9 Å². The first-order chi connectivity index (χ1) is 31.0. The lowest BCUT2D eigenvalue weighted by Gasteiger charge is -2.28. The van der Waals surface area contributed by atoms with Crippen LogP contribution in [-0.2, 0) is 51.2 Å². The minimum atomic E-state index is -1.66. The van der Waals surface area contributed by atoms with Gasteiger partial charge in [-0.1, -0.05) is 44.2 Å². The van der Waals surface area contributed by atoms with Crippen LogP contribution in [0.5, 0.6) is 0 Å². The number of carboxylic acids is 1. The maximum atomic E-state index is 14.1. The summed E-state index contributed by atoms with van der Waals surface area (Å²) < 4.78 is 0. The lowest BCUT2D eigenvalue weighted by atomic mass is 10.0. The number of carbonyl (C=O) groups excluding carboxylic acids is 7. The van der Waals surface area contributed by atoms with Crippen LogP contribution in [-0.4, -0.2) is 158 Å². The molecule has 23 nitrogen and oxygen atoms in total. The van der Waals surface area contributed by atoms with Crippen molar-refractivity contribution in [2.75, 3.05) is 26.3 Å². The van der Waals surface area contributed by atoms with Gasteiger partial charge >= 0.3 is 5.97 Å². The van der Waals surface area contributed by atoms with Crippen molar-refractivity contribution in [3.63, 3.8) is 0 Å². The molecule has 1 aromatic heterocycles. The molecule has 65 heavy (non-hydrogen) atoms. The highest BCUT2D eigenvalue weighted by Crippen LogP contribution is 2.11. The van der Waals surface area contributed by atoms with Gasteiger partial charge in [0.15, 0.2) is 0 Å². The van der Waals surface area contributed by atoms with Crippen LogP contribution < -0.4 is 48.3 Å². The third-order valence-electron chi connectivity index (χ3n) is 10.5. The first kappa shape index (κ1) is 53.3. The van der Waals surface area contributed by atoms with Gasteiger partial charge in [-0.25, -0.2) is 9.78 Å². The summed E-state index contributed by atoms with van der Waals surface area (Å²) in [4.78, 5) is 113. The first-order valence-corrected chi connectivity index (χ1v) is 21.7. The molecule has 23 heteroatoms. The van der Waals surface area contributed by atoms with E-state index in [1.807, 2.05) is 0 Å². The predicted octanol–water partition coefficient (Wildman–Crippen LogP) is -4.03. The Balaban J connectivity index is 1.82. The van der Waals surface area contributed by atoms with Crippen molar-refractivity contribution in [1.29, 1.82) is 0 Å². The summed E-state index contributed by atoms with van der Waals surface area (Å²) >= 11 is 0. The summed E-state index contributed by atoms with van der Waals surface area (Å²) in [5.41, 5.74) is 6.78. The second-order valence-electron chi connectivity index (χ2n) is 16.3. The third kappa shape index (κ3) is 17.8. The van der Waals surface area contributed by atoms with Gasteiger partial charge in [-0.05, 0) is 70.0 Å². The van der Waals surface area contributed by atoms with Crippen LogP contribution in [0, 0.1) is 5.92 Å². The van der Waals surface area contributed by atoms with Gasteiger partial charge in [0.05, 0.1) is 31.7 Å². The molecule has 3 rings (SSSR count). The number of imidazole rings is 1. The van der Waals surface area contributed by atoms with Crippen LogP contribution in [0.2, 0.25) is 0 Å². The number of nitrogens with two attached hydrogens (primary N) is 1. The van der Waals surface area contributed by atoms with Gasteiger partial charge in [0.25, 0.3) is 0 Å². The summed E-state index contributed by atoms with van der Waals surface area (Å²) in [6, 6.07) is -1.92. The van der Waals surface area contributed by atoms with Crippen LogP contribution >= 0.6 is 0 Å². The van der Waals surface area contributed by atoms with Gasteiger partial charge in [0.1, 0.15) is 42.3 Å². The number of H-pyrrole nitrogens is 1. The van der Waals surface area contributed by atoms with Crippen molar-refractivity contribution >= 4 is 47.3 Å². The van der Waals surface area contributed by atoms with E-state index >= 15 is 0 Å². The molecule has 1 aromatic carbocycles. The fourth-order valence-corrected chi connectivity index (χ4v) is 6.92. The number of aliphatic carboxylic acids is 1. The zero-order chi connectivity index (χ0) is 48.1. The quantitative estimate of drug-likeness (QED) is 0.0362. The molecular formula is C42H65N11O12. The maximum Gasteiger partial charge on any atom is 0.328 e. The normalized spacial score (nSPS) is 17.2. The molecule has 9 unspecified atom stereocenters. The lowest BCUT2D eigenvalue weighted by molar-refractivity contribution is -0.143. The molecule has 7 amide bonds. The van der Waals surface area contributed by atoms with Crippen LogP contribution in [0.3, 0.4) is 0 Å². The molecule has 15 N–H and O–H groups in total. The fourth-order valence-electron chi connectivity index (χ4n) is 6.92. The first-order valence-electron chi connectivity index (χ1n) is 21.7. The third-order valence-corrected chi connectivity index (χ3v) is 10.5. The van der Waals surface area contributed by atoms with E-state index in [1.54, 1.807) is 44.2 Å². The Bertz CT molecular complexity index is 1860. The monoisotopic (exact) mass is 915 g/mol. The largest absolute Gasteiger partial charge is 0.480 e. The number of aromatic nitrogens is 2. The Labute approximate surface area is 376 Å². The summed E-state index contributed by atoms with van der Waals surface area (Å²) in [6.07, 6.45) is 3.15. The average Bonchev–Trinajstić information content (AvgIpc) is 4.01. The Morgan fingerprint density at radius 2 is 1.29 bits per heavy atom. The van der Waals surface area contributed by atoms with E-state index in [9.17, 15) is 58.8 Å². The summed E-state index contributed by atoms with van der Waals surface area (Å²) in [5, 5.41) is 60.1. The van der Waals surface area contributed by atoms with E-state index in [0.717, 1.165) is 6.42 Å². The lowest BCUT2D eigenvalue weighted by Crippen LogP contribution is -2.62. The standard InChI is InChI=1S/C42H65N11O12/c1-23(2)16-29(37(59)52-33(21-55)42(64)65)48-40(62)32(20-54)51-36(58)28(12-7-8-14-43)47-38(60)31(18-26-19-44-22-46-26)50-41(63)34(24(3)56)53-39(61)30(17-25-10-5-4-6-11-25)49-35(57)27-13-9-15-45-27/h4-6,10-11,19,22-24,27-34,45,54-56H,7-9,12-18,20-21,43H2,1-3H3,(H,44,46)(H,47,60)(H,48,62)(H,49,57)(H,50,63)(H,51,58)(H,52,59)(H,53,61)(H,64,65). The Kier molecular flexibility index (Phi) is 22.4. The van der Waals surface area contributed by atoms with Crippen molar-refractivity contribution in [3.8, 4) is 0 Å². The topological polar surface area (TPSA) is 368 Å². The Hall–Kier alpha value is -6.01. The summed E-state index contributed by atoms with van der Waals surface area (Å²) in [7, 11) is 0. The summed E-state index contributed by atoms with van der Waals surface area (Å²) in [6.45, 7) is 3.72. The molecule has 2 heterocycles. The van der Waals surface area contributed by atoms with E-state index in [4.69, 9.17) is 5.73 Å². The van der Waals surface area contributed by atoms with Crippen molar-refractivity contribution < 1.29 is 58.8 Å². The molecule has 1 aliphatic heterocycles. The van der Waals surface area contributed by atoms with E-state index in [0.29, 0.717) is 37.1 Å². The Morgan fingerprint density at radius 1 is 0.723 bits per heavy atom. The number of nitrogens with zero attached hydrogens (tertiary/aromatic N) is 1. The SMILES string of the molecule is CC(C)CC(NC(=O)C(CO)NC(=O)C(CCCCN)NC(=O)C(Cc1cnc[nH]1)NC(=O)C(NC(=O)C(Cc1ccccc1)NC(=O)C1CCCN1)C(C)O)C(=O)NC(CO)C(=O)O. The number of unbranched alkanes of at least 4 members (excludes halogenated alkanes) is 1. The molecule has 0 spiro atoms. The van der Waals surface area contributed by atoms with Crippen molar-refractivity contribution in [3.05, 3.63) is 54.1 Å². The predicted molar refractivity (Wildman–Crippen MR) is 233 cm³/mol. The average molecular weight is 916 g/mol. The number of hydrogen-bond donors (Lipinski definition) is 14. The molecule has 0 saturated carbocycles. The van der Waals surface area contributed by atoms with E-state index in [-0.39, 0.29) is 38.1 Å². The zero-order valence-corrected chi connectivity index (χ0v) is 36.9. The van der Waals surface area contributed by atoms with Gasteiger partial charge in [0.2, 0.25) is 41.4 Å². The molecule has 1 fully saturated rings. The second-order valence-corrected chi connectivity index (χ2v) is 16.3. The van der Waals surface area contributed by atoms with Crippen LogP contribution in [0.4, 0.5) is 0 Å². The number of carboxylic acid groups (broad SMARTS) is 1. The van der Waals surface area contributed by atoms with Gasteiger partial charge in [0, 0.05) is 24.7 Å². The van der Waals surface area contributed by atoms with Gasteiger partial charge in [-0.3, -0.25) is 33.6 Å². The van der Waals surface area contributed by atoms with Gasteiger partial charge in [-0.2, -0.15) is 0 Å². The minimum absolute atomic E-state index is 0.0191. The van der Waals surface area contributed by atoms with Gasteiger partial charge in [-0.15, -0.1) is 0 Å². The molecule has 2 aromatic rings. The van der Waals surface area contributed by atoms with Crippen LogP contribution in [0.1, 0.15) is 70.6 Å². The highest BCUT2D eigenvalue weighted by molar-refractivity contribution is 5.98. The second kappa shape index (κ2) is 27.3. The summed E-state index contributed by atoms with van der Waals surface area (Å²) in [5.74, 6) is -7.64. The van der Waals surface area contributed by atoms with Crippen molar-refractivity contribution in [1.82, 2.24) is 52.5 Å². The zero-order valence-electron chi connectivity index (χ0n) is 36.9. The van der Waals surface area contributed by atoms with Gasteiger partial charge < -0.3 is 73.7 Å². The number of aliphatic hydroxyl groups is 3. The fraction of sp³-hybridized carbons (Fsp3) is 0.595. The number of aliphatic hydroxyl groups excluding tert-OH is 3. The van der Waals surface area contributed by atoms with E-state index < -0.39 is 115 Å². The Morgan fingerprint density at radius 3 is 1.86 bits per heavy atom. The minimum Gasteiger partial charge on any atom is -0.480 e. The molecule has 0 bridgehead atoms. The van der Waals surface area contributed by atoms with Crippen molar-refractivity contribution in [2.24, 2.45) is 11.7 Å². The highest BCUT2D eigenvalue weighted by Gasteiger charge is 2.36. The van der Waals surface area contributed by atoms with E-state index in [1.165, 1.54) is 19.4 Å². The molecule has 0 aliphatic carbocycles. The highest BCUT2D eigenvalue weighted by atomic mass is 16.4. The smallest absolute Gasteiger partial charge is 0.328 e.